The van der Waals surface area contributed by atoms with Gasteiger partial charge in [-0.05, 0) is 36.4 Å². The first-order valence-corrected chi connectivity index (χ1v) is 18.9. The predicted octanol–water partition coefficient (Wildman–Crippen LogP) is 3.69. The standard InChI is InChI=1S/C29H29N5O13S3/c1-46-11-12-47-27-14-24(28(48(2,39)40)15-25(27)34(37)38)32-31-17-18(35)16-30-22-9-10-26(36)21-7-4-8-23(29(21)22)33-49(41,42)19-5-3-6-20(13-19)50(43,44)45/h3-10,13-15,30,33,36H,11-12,16-17H2,1-2H3,(H,43,44,45). The Morgan fingerprint density at radius 2 is 1.64 bits per heavy atom. The van der Waals surface area contributed by atoms with Gasteiger partial charge in [0, 0.05) is 42.0 Å². The van der Waals surface area contributed by atoms with Crippen molar-refractivity contribution in [3.8, 4) is 11.5 Å². The molecule has 0 saturated heterocycles. The van der Waals surface area contributed by atoms with Crippen molar-refractivity contribution in [2.75, 3.05) is 49.7 Å². The number of fused-ring (bicyclic) bond motifs is 1. The number of phenols is 1. The van der Waals surface area contributed by atoms with E-state index < -0.39 is 74.1 Å². The van der Waals surface area contributed by atoms with E-state index in [-0.39, 0.29) is 52.5 Å². The summed E-state index contributed by atoms with van der Waals surface area (Å²) in [7, 11) is -11.8. The molecule has 0 heterocycles. The first-order chi connectivity index (χ1) is 23.4. The van der Waals surface area contributed by atoms with E-state index in [1.165, 1.54) is 37.4 Å². The van der Waals surface area contributed by atoms with Gasteiger partial charge < -0.3 is 19.9 Å². The molecular formula is C29H29N5O13S3. The van der Waals surface area contributed by atoms with Crippen molar-refractivity contribution in [3.63, 3.8) is 0 Å². The van der Waals surface area contributed by atoms with Crippen molar-refractivity contribution < 1.29 is 54.1 Å². The van der Waals surface area contributed by atoms with Crippen molar-refractivity contribution in [2.24, 2.45) is 10.2 Å². The molecule has 0 unspecified atom stereocenters. The number of benzene rings is 4. The Bertz CT molecular complexity index is 2330. The fourth-order valence-electron chi connectivity index (χ4n) is 4.48. The number of nitro groups is 1. The van der Waals surface area contributed by atoms with Crippen molar-refractivity contribution in [1.29, 1.82) is 0 Å². The highest BCUT2D eigenvalue weighted by Crippen LogP contribution is 2.38. The Labute approximate surface area is 285 Å². The minimum absolute atomic E-state index is 0.0553. The number of hydrogen-bond acceptors (Lipinski definition) is 15. The van der Waals surface area contributed by atoms with Crippen LogP contribution < -0.4 is 14.8 Å². The number of sulfone groups is 1. The summed E-state index contributed by atoms with van der Waals surface area (Å²) in [5.74, 6) is -1.09. The number of methoxy groups -OCH3 is 1. The molecule has 0 bridgehead atoms. The molecule has 0 aliphatic rings. The molecule has 4 aromatic carbocycles. The molecule has 0 aromatic heterocycles. The van der Waals surface area contributed by atoms with Crippen LogP contribution in [0.1, 0.15) is 0 Å². The van der Waals surface area contributed by atoms with E-state index in [9.17, 15) is 49.8 Å². The lowest BCUT2D eigenvalue weighted by atomic mass is 10.1. The Morgan fingerprint density at radius 1 is 0.940 bits per heavy atom. The van der Waals surface area contributed by atoms with E-state index in [1.807, 2.05) is 0 Å². The highest BCUT2D eigenvalue weighted by atomic mass is 32.2. The third-order valence-electron chi connectivity index (χ3n) is 6.76. The summed E-state index contributed by atoms with van der Waals surface area (Å²) >= 11 is 0. The van der Waals surface area contributed by atoms with Crippen LogP contribution in [-0.4, -0.2) is 85.3 Å². The Morgan fingerprint density at radius 3 is 2.30 bits per heavy atom. The van der Waals surface area contributed by atoms with Gasteiger partial charge in [0.05, 0.1) is 33.6 Å². The number of hydrogen-bond donors (Lipinski definition) is 4. The highest BCUT2D eigenvalue weighted by Gasteiger charge is 2.25. The maximum Gasteiger partial charge on any atom is 0.312 e. The van der Waals surface area contributed by atoms with E-state index in [4.69, 9.17) is 9.47 Å². The summed E-state index contributed by atoms with van der Waals surface area (Å²) in [5.41, 5.74) is -0.800. The minimum atomic E-state index is -4.71. The maximum atomic E-state index is 13.2. The monoisotopic (exact) mass is 751 g/mol. The number of azo groups is 1. The molecule has 0 spiro atoms. The topological polar surface area (TPSA) is 270 Å². The molecule has 0 saturated carbocycles. The lowest BCUT2D eigenvalue weighted by Gasteiger charge is -2.16. The number of carbonyl (C=O) groups excluding carboxylic acids is 1. The van der Waals surface area contributed by atoms with Crippen LogP contribution in [0.3, 0.4) is 0 Å². The van der Waals surface area contributed by atoms with Gasteiger partial charge in [-0.1, -0.05) is 18.2 Å². The molecule has 4 aromatic rings. The Kier molecular flexibility index (Phi) is 11.4. The number of nitro benzene ring substituents is 1. The van der Waals surface area contributed by atoms with Gasteiger partial charge in [-0.3, -0.25) is 24.2 Å². The molecular weight excluding hydrogens is 723 g/mol. The van der Waals surface area contributed by atoms with Crippen LogP contribution in [0.15, 0.2) is 91.6 Å². The van der Waals surface area contributed by atoms with Crippen molar-refractivity contribution in [2.45, 2.75) is 14.7 Å². The molecule has 0 atom stereocenters. The number of nitrogens with zero attached hydrogens (tertiary/aromatic N) is 3. The molecule has 266 valence electrons. The molecule has 0 fully saturated rings. The van der Waals surface area contributed by atoms with Crippen molar-refractivity contribution in [1.82, 2.24) is 0 Å². The van der Waals surface area contributed by atoms with E-state index >= 15 is 0 Å². The number of anilines is 2. The fraction of sp³-hybridized carbons (Fsp3) is 0.207. The van der Waals surface area contributed by atoms with Gasteiger partial charge >= 0.3 is 5.69 Å². The van der Waals surface area contributed by atoms with Gasteiger partial charge in [0.2, 0.25) is 0 Å². The third-order valence-corrected chi connectivity index (χ3v) is 10.1. The Hall–Kier alpha value is -5.22. The first-order valence-electron chi connectivity index (χ1n) is 14.0. The molecule has 0 amide bonds. The summed E-state index contributed by atoms with van der Waals surface area (Å²) in [4.78, 5) is 21.9. The molecule has 50 heavy (non-hydrogen) atoms. The molecule has 18 nitrogen and oxygen atoms in total. The highest BCUT2D eigenvalue weighted by molar-refractivity contribution is 7.92. The third kappa shape index (κ3) is 9.06. The number of phenolic OH excluding ortho intramolecular Hbond substituents is 1. The average Bonchev–Trinajstić information content (AvgIpc) is 3.03. The number of ether oxygens (including phenoxy) is 2. The second kappa shape index (κ2) is 15.1. The summed E-state index contributed by atoms with van der Waals surface area (Å²) in [6, 6.07) is 12.8. The summed E-state index contributed by atoms with van der Waals surface area (Å²) < 4.78 is 96.2. The van der Waals surface area contributed by atoms with Crippen LogP contribution in [0.5, 0.6) is 11.5 Å². The van der Waals surface area contributed by atoms with Gasteiger partial charge in [-0.15, -0.1) is 0 Å². The molecule has 0 aliphatic heterocycles. The molecule has 0 radical (unpaired) electrons. The number of ketones is 1. The number of nitrogens with one attached hydrogen (secondary N) is 2. The zero-order valence-electron chi connectivity index (χ0n) is 26.1. The maximum absolute atomic E-state index is 13.2. The summed E-state index contributed by atoms with van der Waals surface area (Å²) in [5, 5.41) is 32.8. The second-order valence-electron chi connectivity index (χ2n) is 10.4. The van der Waals surface area contributed by atoms with Gasteiger partial charge in [0.15, 0.2) is 21.4 Å². The second-order valence-corrected chi connectivity index (χ2v) is 15.5. The quantitative estimate of drug-likeness (QED) is 0.0318. The van der Waals surface area contributed by atoms with Crippen LogP contribution in [0.25, 0.3) is 10.8 Å². The van der Waals surface area contributed by atoms with Crippen LogP contribution >= 0.6 is 0 Å². The summed E-state index contributed by atoms with van der Waals surface area (Å²) in [6.45, 7) is -0.988. The zero-order chi connectivity index (χ0) is 36.9. The van der Waals surface area contributed by atoms with Crippen molar-refractivity contribution in [3.05, 3.63) is 76.8 Å². The number of Topliss-reactive ketones (excluding diaryl/α,β-unsaturated/α-hetero) is 1. The van der Waals surface area contributed by atoms with Crippen LogP contribution in [0.2, 0.25) is 0 Å². The van der Waals surface area contributed by atoms with Crippen LogP contribution in [0.4, 0.5) is 22.7 Å². The number of sulfonamides is 1. The first kappa shape index (κ1) is 37.6. The number of rotatable bonds is 16. The van der Waals surface area contributed by atoms with Crippen molar-refractivity contribution >= 4 is 69.3 Å². The largest absolute Gasteiger partial charge is 0.507 e. The SMILES string of the molecule is COCCOc1cc(N=NCC(=O)CNc2ccc(O)c3cccc(NS(=O)(=O)c4cccc(S(=O)(=O)O)c4)c23)c(S(C)(=O)=O)cc1[N+](=O)[O-]. The number of carbonyl (C=O) groups is 1. The minimum Gasteiger partial charge on any atom is -0.507 e. The van der Waals surface area contributed by atoms with Crippen LogP contribution in [0, 0.1) is 10.1 Å². The number of aromatic hydroxyl groups is 1. The van der Waals surface area contributed by atoms with Gasteiger partial charge in [0.25, 0.3) is 20.1 Å². The average molecular weight is 752 g/mol. The zero-order valence-corrected chi connectivity index (χ0v) is 28.6. The van der Waals surface area contributed by atoms with Gasteiger partial charge in [0.1, 0.15) is 29.5 Å². The molecule has 4 N–H and O–H groups in total. The van der Waals surface area contributed by atoms with E-state index in [1.54, 1.807) is 0 Å². The van der Waals surface area contributed by atoms with E-state index in [0.717, 1.165) is 42.7 Å². The lowest BCUT2D eigenvalue weighted by Crippen LogP contribution is -2.17. The van der Waals surface area contributed by atoms with Gasteiger partial charge in [-0.2, -0.15) is 18.6 Å². The predicted molar refractivity (Wildman–Crippen MR) is 179 cm³/mol. The fourth-order valence-corrected chi connectivity index (χ4v) is 7.00. The normalized spacial score (nSPS) is 12.2. The summed E-state index contributed by atoms with van der Waals surface area (Å²) in [6.07, 6.45) is 0.818. The van der Waals surface area contributed by atoms with E-state index in [0.29, 0.717) is 0 Å². The van der Waals surface area contributed by atoms with Crippen LogP contribution in [-0.2, 0) is 39.5 Å². The van der Waals surface area contributed by atoms with E-state index in [2.05, 4.69) is 20.3 Å². The van der Waals surface area contributed by atoms with Gasteiger partial charge in [-0.25, -0.2) is 16.8 Å². The Balaban J connectivity index is 1.58. The lowest BCUT2D eigenvalue weighted by molar-refractivity contribution is -0.386. The smallest absolute Gasteiger partial charge is 0.312 e. The molecule has 0 aliphatic carbocycles. The molecule has 4 rings (SSSR count). The molecule has 21 heteroatoms.